The van der Waals surface area contributed by atoms with Crippen LogP contribution in [0, 0.1) is 0 Å². The molecule has 1 saturated heterocycles. The van der Waals surface area contributed by atoms with Crippen LogP contribution >= 0.6 is 0 Å². The molecule has 1 aliphatic heterocycles. The second-order valence-electron chi connectivity index (χ2n) is 4.95. The molecule has 21 heavy (non-hydrogen) atoms. The highest BCUT2D eigenvalue weighted by Crippen LogP contribution is 2.13. The van der Waals surface area contributed by atoms with Crippen LogP contribution in [0.1, 0.15) is 29.3 Å². The maximum Gasteiger partial charge on any atom is 0.328 e. The lowest BCUT2D eigenvalue weighted by Gasteiger charge is -2.32. The molecule has 2 rings (SSSR count). The van der Waals surface area contributed by atoms with Crippen molar-refractivity contribution in [3.63, 3.8) is 0 Å². The number of nitrogens with zero attached hydrogens (tertiary/aromatic N) is 1. The Morgan fingerprint density at radius 1 is 1.38 bits per heavy atom. The molecule has 5 nitrogen and oxygen atoms in total. The predicted octanol–water partition coefficient (Wildman–Crippen LogP) is 2.04. The summed E-state index contributed by atoms with van der Waals surface area (Å²) in [4.78, 5) is 24.7. The van der Waals surface area contributed by atoms with E-state index in [2.05, 4.69) is 0 Å². The largest absolute Gasteiger partial charge is 0.478 e. The highest BCUT2D eigenvalue weighted by Gasteiger charge is 2.23. The average molecular weight is 289 g/mol. The van der Waals surface area contributed by atoms with E-state index in [9.17, 15) is 9.59 Å². The summed E-state index contributed by atoms with van der Waals surface area (Å²) in [5.41, 5.74) is 1.36. The van der Waals surface area contributed by atoms with Crippen LogP contribution in [0.5, 0.6) is 0 Å². The van der Waals surface area contributed by atoms with E-state index >= 15 is 0 Å². The zero-order chi connectivity index (χ0) is 15.2. The van der Waals surface area contributed by atoms with Gasteiger partial charge < -0.3 is 14.7 Å². The van der Waals surface area contributed by atoms with Gasteiger partial charge in [-0.2, -0.15) is 0 Å². The second kappa shape index (κ2) is 7.04. The van der Waals surface area contributed by atoms with Gasteiger partial charge in [-0.25, -0.2) is 4.79 Å². The Morgan fingerprint density at radius 2 is 2.10 bits per heavy atom. The number of carbonyl (C=O) groups excluding carboxylic acids is 1. The van der Waals surface area contributed by atoms with Crippen molar-refractivity contribution >= 4 is 18.0 Å². The van der Waals surface area contributed by atoms with Crippen LogP contribution in [0.4, 0.5) is 0 Å². The van der Waals surface area contributed by atoms with Gasteiger partial charge in [0.05, 0.1) is 12.7 Å². The first-order valence-corrected chi connectivity index (χ1v) is 7.02. The molecular weight excluding hydrogens is 270 g/mol. The van der Waals surface area contributed by atoms with Crippen molar-refractivity contribution < 1.29 is 19.4 Å². The van der Waals surface area contributed by atoms with Crippen molar-refractivity contribution in [3.8, 4) is 0 Å². The van der Waals surface area contributed by atoms with E-state index in [4.69, 9.17) is 9.84 Å². The molecule has 1 aromatic rings. The SMILES string of the molecule is CCC1CN(C(=O)c2ccc(C=CC(=O)O)cc2)CCO1. The van der Waals surface area contributed by atoms with Gasteiger partial charge in [-0.15, -0.1) is 0 Å². The molecule has 1 aromatic carbocycles. The first-order valence-electron chi connectivity index (χ1n) is 7.02. The number of aliphatic carboxylic acids is 1. The van der Waals surface area contributed by atoms with Crippen molar-refractivity contribution in [2.75, 3.05) is 19.7 Å². The second-order valence-corrected chi connectivity index (χ2v) is 4.95. The number of ether oxygens (including phenoxy) is 1. The summed E-state index contributed by atoms with van der Waals surface area (Å²) in [6, 6.07) is 6.93. The van der Waals surface area contributed by atoms with E-state index in [0.29, 0.717) is 25.3 Å². The van der Waals surface area contributed by atoms with Crippen LogP contribution in [0.2, 0.25) is 0 Å². The molecular formula is C16H19NO4. The molecule has 0 spiro atoms. The van der Waals surface area contributed by atoms with Gasteiger partial charge >= 0.3 is 5.97 Å². The first-order chi connectivity index (χ1) is 10.1. The van der Waals surface area contributed by atoms with Crippen LogP contribution in [0.3, 0.4) is 0 Å². The molecule has 1 unspecified atom stereocenters. The Kier molecular flexibility index (Phi) is 5.11. The Balaban J connectivity index is 2.04. The number of rotatable bonds is 4. The number of amides is 1. The third kappa shape index (κ3) is 4.16. The van der Waals surface area contributed by atoms with Gasteiger partial charge in [0.25, 0.3) is 5.91 Å². The molecule has 1 N–H and O–H groups in total. The van der Waals surface area contributed by atoms with Crippen molar-refractivity contribution in [1.82, 2.24) is 4.90 Å². The van der Waals surface area contributed by atoms with Gasteiger partial charge in [-0.05, 0) is 30.2 Å². The predicted molar refractivity (Wildman–Crippen MR) is 79.0 cm³/mol. The Hall–Kier alpha value is -2.14. The summed E-state index contributed by atoms with van der Waals surface area (Å²) in [5, 5.41) is 8.58. The van der Waals surface area contributed by atoms with Gasteiger partial charge in [0.2, 0.25) is 0 Å². The van der Waals surface area contributed by atoms with E-state index in [-0.39, 0.29) is 12.0 Å². The molecule has 112 valence electrons. The summed E-state index contributed by atoms with van der Waals surface area (Å²) in [7, 11) is 0. The Morgan fingerprint density at radius 3 is 2.71 bits per heavy atom. The normalized spacial score (nSPS) is 18.9. The van der Waals surface area contributed by atoms with Gasteiger partial charge in [0.1, 0.15) is 0 Å². The average Bonchev–Trinajstić information content (AvgIpc) is 2.52. The van der Waals surface area contributed by atoms with E-state index < -0.39 is 5.97 Å². The third-order valence-electron chi connectivity index (χ3n) is 3.46. The molecule has 0 saturated carbocycles. The van der Waals surface area contributed by atoms with Crippen LogP contribution in [-0.2, 0) is 9.53 Å². The minimum Gasteiger partial charge on any atom is -0.478 e. The lowest BCUT2D eigenvalue weighted by atomic mass is 10.1. The summed E-state index contributed by atoms with van der Waals surface area (Å²) in [6.45, 7) is 3.85. The summed E-state index contributed by atoms with van der Waals surface area (Å²) in [6.07, 6.45) is 3.58. The van der Waals surface area contributed by atoms with Crippen molar-refractivity contribution in [3.05, 3.63) is 41.5 Å². The number of carboxylic acid groups (broad SMARTS) is 1. The number of hydrogen-bond donors (Lipinski definition) is 1. The van der Waals surface area contributed by atoms with Crippen LogP contribution < -0.4 is 0 Å². The van der Waals surface area contributed by atoms with Gasteiger partial charge in [-0.3, -0.25) is 4.79 Å². The molecule has 1 fully saturated rings. The molecule has 1 atom stereocenters. The van der Waals surface area contributed by atoms with E-state index in [1.54, 1.807) is 29.2 Å². The lowest BCUT2D eigenvalue weighted by Crippen LogP contribution is -2.45. The zero-order valence-electron chi connectivity index (χ0n) is 12.0. The maximum atomic E-state index is 12.4. The molecule has 0 aliphatic carbocycles. The monoisotopic (exact) mass is 289 g/mol. The molecule has 1 aliphatic rings. The summed E-state index contributed by atoms with van der Waals surface area (Å²) in [5.74, 6) is -1.00. The van der Waals surface area contributed by atoms with Gasteiger partial charge in [-0.1, -0.05) is 19.1 Å². The number of carboxylic acids is 1. The lowest BCUT2D eigenvalue weighted by molar-refractivity contribution is -0.131. The maximum absolute atomic E-state index is 12.4. The first kappa shape index (κ1) is 15.3. The fourth-order valence-electron chi connectivity index (χ4n) is 2.24. The smallest absolute Gasteiger partial charge is 0.328 e. The van der Waals surface area contributed by atoms with Crippen molar-refractivity contribution in [1.29, 1.82) is 0 Å². The van der Waals surface area contributed by atoms with Crippen LogP contribution in [0.25, 0.3) is 6.08 Å². The van der Waals surface area contributed by atoms with Gasteiger partial charge in [0.15, 0.2) is 0 Å². The van der Waals surface area contributed by atoms with Crippen molar-refractivity contribution in [2.24, 2.45) is 0 Å². The Labute approximate surface area is 123 Å². The van der Waals surface area contributed by atoms with Crippen molar-refractivity contribution in [2.45, 2.75) is 19.4 Å². The quantitative estimate of drug-likeness (QED) is 0.861. The van der Waals surface area contributed by atoms with E-state index in [1.165, 1.54) is 6.08 Å². The number of morpholine rings is 1. The molecule has 0 radical (unpaired) electrons. The number of carbonyl (C=O) groups is 2. The topological polar surface area (TPSA) is 66.8 Å². The summed E-state index contributed by atoms with van der Waals surface area (Å²) < 4.78 is 5.56. The van der Waals surface area contributed by atoms with Crippen LogP contribution in [0.15, 0.2) is 30.3 Å². The van der Waals surface area contributed by atoms with Gasteiger partial charge in [0, 0.05) is 24.7 Å². The molecule has 1 amide bonds. The minimum absolute atomic E-state index is 0.00878. The number of benzene rings is 1. The molecule has 0 bridgehead atoms. The summed E-state index contributed by atoms with van der Waals surface area (Å²) >= 11 is 0. The standard InChI is InChI=1S/C16H19NO4/c1-2-14-11-17(9-10-21-14)16(20)13-6-3-12(4-7-13)5-8-15(18)19/h3-8,14H,2,9-11H2,1H3,(H,18,19). The minimum atomic E-state index is -0.992. The molecule has 0 aromatic heterocycles. The molecule has 5 heteroatoms. The third-order valence-corrected chi connectivity index (χ3v) is 3.46. The highest BCUT2D eigenvalue weighted by molar-refractivity contribution is 5.94. The van der Waals surface area contributed by atoms with E-state index in [1.807, 2.05) is 6.92 Å². The molecule has 1 heterocycles. The Bertz CT molecular complexity index is 536. The van der Waals surface area contributed by atoms with Crippen LogP contribution in [-0.4, -0.2) is 47.7 Å². The fraction of sp³-hybridized carbons (Fsp3) is 0.375. The van der Waals surface area contributed by atoms with E-state index in [0.717, 1.165) is 18.1 Å². The zero-order valence-corrected chi connectivity index (χ0v) is 12.0. The number of hydrogen-bond acceptors (Lipinski definition) is 3. The highest BCUT2D eigenvalue weighted by atomic mass is 16.5. The fourth-order valence-corrected chi connectivity index (χ4v) is 2.24.